The first-order valence-corrected chi connectivity index (χ1v) is 9.50. The number of rotatable bonds is 6. The van der Waals surface area contributed by atoms with Crippen LogP contribution in [0.4, 0.5) is 5.82 Å². The van der Waals surface area contributed by atoms with Gasteiger partial charge in [0.2, 0.25) is 0 Å². The zero-order chi connectivity index (χ0) is 20.1. The molecule has 0 radical (unpaired) electrons. The number of aromatic nitrogens is 3. The first kappa shape index (κ1) is 18.9. The van der Waals surface area contributed by atoms with Gasteiger partial charge in [-0.25, -0.2) is 9.67 Å². The number of nitrogens with one attached hydrogen (secondary N) is 1. The average Bonchev–Trinajstić information content (AvgIpc) is 3.23. The van der Waals surface area contributed by atoms with Crippen molar-refractivity contribution < 1.29 is 14.3 Å². The zero-order valence-corrected chi connectivity index (χ0v) is 16.2. The molecule has 3 aromatic rings. The molecule has 0 atom stereocenters. The summed E-state index contributed by atoms with van der Waals surface area (Å²) in [5, 5.41) is 7.35. The maximum absolute atomic E-state index is 12.8. The molecule has 1 aliphatic rings. The number of methoxy groups -OCH3 is 1. The third-order valence-electron chi connectivity index (χ3n) is 4.75. The molecule has 150 valence electrons. The molecule has 0 unspecified atom stereocenters. The number of carbonyl (C=O) groups excluding carboxylic acids is 1. The molecule has 0 saturated carbocycles. The van der Waals surface area contributed by atoms with E-state index in [2.05, 4.69) is 20.3 Å². The van der Waals surface area contributed by atoms with E-state index in [1.54, 1.807) is 17.1 Å². The topological polar surface area (TPSA) is 81.5 Å². The van der Waals surface area contributed by atoms with E-state index < -0.39 is 0 Å². The molecule has 1 saturated heterocycles. The van der Waals surface area contributed by atoms with Gasteiger partial charge in [0.15, 0.2) is 11.4 Å². The van der Waals surface area contributed by atoms with Crippen LogP contribution < -0.4 is 15.0 Å². The van der Waals surface area contributed by atoms with Gasteiger partial charge in [-0.1, -0.05) is 24.3 Å². The van der Waals surface area contributed by atoms with Crippen molar-refractivity contribution in [2.75, 3.05) is 38.3 Å². The number of ether oxygens (including phenoxy) is 2. The van der Waals surface area contributed by atoms with Crippen LogP contribution in [0.3, 0.4) is 0 Å². The minimum Gasteiger partial charge on any atom is -0.493 e. The van der Waals surface area contributed by atoms with Crippen LogP contribution in [-0.2, 0) is 11.3 Å². The monoisotopic (exact) mass is 393 g/mol. The van der Waals surface area contributed by atoms with Crippen molar-refractivity contribution in [3.63, 3.8) is 0 Å². The number of nitrogens with zero attached hydrogens (tertiary/aromatic N) is 4. The van der Waals surface area contributed by atoms with Crippen molar-refractivity contribution in [2.24, 2.45) is 0 Å². The van der Waals surface area contributed by atoms with Crippen molar-refractivity contribution in [3.8, 4) is 11.4 Å². The maximum atomic E-state index is 12.8. The lowest BCUT2D eigenvalue weighted by Gasteiger charge is -2.29. The Bertz CT molecular complexity index is 967. The van der Waals surface area contributed by atoms with Crippen molar-refractivity contribution in [3.05, 3.63) is 66.1 Å². The number of benzene rings is 1. The Balaban J connectivity index is 1.50. The van der Waals surface area contributed by atoms with Gasteiger partial charge in [-0.2, -0.15) is 5.10 Å². The Morgan fingerprint density at radius 1 is 1.17 bits per heavy atom. The van der Waals surface area contributed by atoms with Gasteiger partial charge >= 0.3 is 0 Å². The predicted octanol–water partition coefficient (Wildman–Crippen LogP) is 2.04. The Kier molecular flexibility index (Phi) is 5.71. The highest BCUT2D eigenvalue weighted by molar-refractivity contribution is 5.95. The lowest BCUT2D eigenvalue weighted by atomic mass is 10.2. The van der Waals surface area contributed by atoms with Crippen LogP contribution in [0.15, 0.2) is 54.9 Å². The van der Waals surface area contributed by atoms with E-state index >= 15 is 0 Å². The quantitative estimate of drug-likeness (QED) is 0.690. The zero-order valence-electron chi connectivity index (χ0n) is 16.2. The molecule has 8 heteroatoms. The second kappa shape index (κ2) is 8.74. The molecule has 1 aromatic carbocycles. The fourth-order valence-electron chi connectivity index (χ4n) is 3.27. The highest BCUT2D eigenvalue weighted by Crippen LogP contribution is 2.21. The predicted molar refractivity (Wildman–Crippen MR) is 109 cm³/mol. The van der Waals surface area contributed by atoms with E-state index in [4.69, 9.17) is 9.47 Å². The summed E-state index contributed by atoms with van der Waals surface area (Å²) in [6.07, 6.45) is 3.47. The van der Waals surface area contributed by atoms with E-state index in [0.717, 1.165) is 30.2 Å². The number of morpholine rings is 1. The lowest BCUT2D eigenvalue weighted by molar-refractivity contribution is 0.0942. The molecule has 2 aromatic heterocycles. The Morgan fingerprint density at radius 2 is 1.97 bits per heavy atom. The number of pyridine rings is 1. The molecule has 0 spiro atoms. The number of hydrogen-bond acceptors (Lipinski definition) is 6. The molecular weight excluding hydrogens is 370 g/mol. The summed E-state index contributed by atoms with van der Waals surface area (Å²) >= 11 is 0. The van der Waals surface area contributed by atoms with E-state index in [-0.39, 0.29) is 11.6 Å². The Hall–Kier alpha value is -3.39. The molecule has 0 bridgehead atoms. The summed E-state index contributed by atoms with van der Waals surface area (Å²) in [5.41, 5.74) is 2.05. The number of anilines is 1. The molecule has 4 rings (SSSR count). The fourth-order valence-corrected chi connectivity index (χ4v) is 3.27. The van der Waals surface area contributed by atoms with Gasteiger partial charge < -0.3 is 19.7 Å². The third-order valence-corrected chi connectivity index (χ3v) is 4.75. The summed E-state index contributed by atoms with van der Waals surface area (Å²) in [6.45, 7) is 3.27. The van der Waals surface area contributed by atoms with Gasteiger partial charge in [0.1, 0.15) is 5.82 Å². The van der Waals surface area contributed by atoms with Gasteiger partial charge in [-0.05, 0) is 18.2 Å². The molecule has 1 N–H and O–H groups in total. The van der Waals surface area contributed by atoms with E-state index in [1.165, 1.54) is 7.11 Å². The standard InChI is InChI=1S/C21H23N5O3/c1-28-18-15-26(17-7-3-2-4-8-17)24-19(18)21(27)23-14-16-6-5-9-22-20(16)25-10-12-29-13-11-25/h2-9,15H,10-14H2,1H3,(H,23,27). The summed E-state index contributed by atoms with van der Waals surface area (Å²) in [4.78, 5) is 19.5. The van der Waals surface area contributed by atoms with Crippen LogP contribution in [0, 0.1) is 0 Å². The highest BCUT2D eigenvalue weighted by atomic mass is 16.5. The molecule has 8 nitrogen and oxygen atoms in total. The van der Waals surface area contributed by atoms with Crippen LogP contribution >= 0.6 is 0 Å². The maximum Gasteiger partial charge on any atom is 0.275 e. The fraction of sp³-hybridized carbons (Fsp3) is 0.286. The van der Waals surface area contributed by atoms with Gasteiger partial charge in [0.05, 0.1) is 32.2 Å². The first-order chi connectivity index (χ1) is 14.3. The largest absolute Gasteiger partial charge is 0.493 e. The summed E-state index contributed by atoms with van der Waals surface area (Å²) < 4.78 is 12.4. The van der Waals surface area contributed by atoms with E-state index in [0.29, 0.717) is 25.5 Å². The minimum atomic E-state index is -0.298. The summed E-state index contributed by atoms with van der Waals surface area (Å²) in [5.74, 6) is 0.997. The van der Waals surface area contributed by atoms with Gasteiger partial charge in [0.25, 0.3) is 5.91 Å². The molecular formula is C21H23N5O3. The van der Waals surface area contributed by atoms with E-state index in [1.807, 2.05) is 42.5 Å². The minimum absolute atomic E-state index is 0.244. The molecule has 0 aliphatic carbocycles. The van der Waals surface area contributed by atoms with Crippen LogP contribution in [0.25, 0.3) is 5.69 Å². The SMILES string of the molecule is COc1cn(-c2ccccc2)nc1C(=O)NCc1cccnc1N1CCOCC1. The van der Waals surface area contributed by atoms with Crippen molar-refractivity contribution in [2.45, 2.75) is 6.54 Å². The van der Waals surface area contributed by atoms with Crippen LogP contribution in [0.2, 0.25) is 0 Å². The molecule has 1 aliphatic heterocycles. The molecule has 1 fully saturated rings. The van der Waals surface area contributed by atoms with Crippen LogP contribution in [-0.4, -0.2) is 54.1 Å². The summed E-state index contributed by atoms with van der Waals surface area (Å²) in [6, 6.07) is 13.4. The van der Waals surface area contributed by atoms with E-state index in [9.17, 15) is 4.79 Å². The molecule has 3 heterocycles. The number of carbonyl (C=O) groups is 1. The third kappa shape index (κ3) is 4.22. The number of para-hydroxylation sites is 1. The second-order valence-corrected chi connectivity index (χ2v) is 6.59. The van der Waals surface area contributed by atoms with Crippen LogP contribution in [0.1, 0.15) is 16.1 Å². The Morgan fingerprint density at radius 3 is 2.72 bits per heavy atom. The lowest BCUT2D eigenvalue weighted by Crippen LogP contribution is -2.37. The molecule has 29 heavy (non-hydrogen) atoms. The highest BCUT2D eigenvalue weighted by Gasteiger charge is 2.20. The number of hydrogen-bond donors (Lipinski definition) is 1. The van der Waals surface area contributed by atoms with Gasteiger partial charge in [0, 0.05) is 31.4 Å². The smallest absolute Gasteiger partial charge is 0.275 e. The molecule has 1 amide bonds. The first-order valence-electron chi connectivity index (χ1n) is 9.50. The average molecular weight is 393 g/mol. The van der Waals surface area contributed by atoms with Crippen molar-refractivity contribution in [1.29, 1.82) is 0 Å². The normalized spacial score (nSPS) is 13.9. The van der Waals surface area contributed by atoms with Crippen molar-refractivity contribution in [1.82, 2.24) is 20.1 Å². The van der Waals surface area contributed by atoms with Gasteiger partial charge in [-0.3, -0.25) is 4.79 Å². The second-order valence-electron chi connectivity index (χ2n) is 6.59. The van der Waals surface area contributed by atoms with Gasteiger partial charge in [-0.15, -0.1) is 0 Å². The summed E-state index contributed by atoms with van der Waals surface area (Å²) in [7, 11) is 1.53. The van der Waals surface area contributed by atoms with Crippen LogP contribution in [0.5, 0.6) is 5.75 Å². The Labute approximate surface area is 169 Å². The number of amides is 1. The van der Waals surface area contributed by atoms with Crippen molar-refractivity contribution >= 4 is 11.7 Å².